The standard InChI is InChI=1S/C12H17BrN2O/c1-8-12(13)10(15(2)14-8)7-9-5-3-4-6-11(9)16/h9H,3-7H2,1-2H3. The average molecular weight is 285 g/mol. The molecule has 16 heavy (non-hydrogen) atoms. The number of hydrogen-bond acceptors (Lipinski definition) is 2. The number of ketones is 1. The van der Waals surface area contributed by atoms with Gasteiger partial charge in [0.1, 0.15) is 5.78 Å². The van der Waals surface area contributed by atoms with Crippen LogP contribution in [-0.4, -0.2) is 15.6 Å². The first kappa shape index (κ1) is 11.8. The summed E-state index contributed by atoms with van der Waals surface area (Å²) in [4.78, 5) is 11.8. The average Bonchev–Trinajstić information content (AvgIpc) is 2.48. The van der Waals surface area contributed by atoms with Gasteiger partial charge in [-0.05, 0) is 35.7 Å². The fraction of sp³-hybridized carbons (Fsp3) is 0.667. The summed E-state index contributed by atoms with van der Waals surface area (Å²) >= 11 is 3.55. The Labute approximate surface area is 104 Å². The Morgan fingerprint density at radius 3 is 2.81 bits per heavy atom. The minimum Gasteiger partial charge on any atom is -0.299 e. The highest BCUT2D eigenvalue weighted by atomic mass is 79.9. The molecule has 1 aliphatic rings. The first-order valence-corrected chi connectivity index (χ1v) is 6.59. The van der Waals surface area contributed by atoms with E-state index in [0.717, 1.165) is 41.5 Å². The molecule has 1 atom stereocenters. The molecule has 1 unspecified atom stereocenters. The molecule has 0 aliphatic heterocycles. The molecular formula is C12H17BrN2O. The molecule has 0 spiro atoms. The highest BCUT2D eigenvalue weighted by molar-refractivity contribution is 9.10. The topological polar surface area (TPSA) is 34.9 Å². The van der Waals surface area contributed by atoms with Gasteiger partial charge in [0, 0.05) is 25.8 Å². The Bertz CT molecular complexity index is 411. The Morgan fingerprint density at radius 2 is 2.25 bits per heavy atom. The van der Waals surface area contributed by atoms with Crippen LogP contribution in [0.5, 0.6) is 0 Å². The van der Waals surface area contributed by atoms with Crippen molar-refractivity contribution >= 4 is 21.7 Å². The van der Waals surface area contributed by atoms with Gasteiger partial charge in [0.15, 0.2) is 0 Å². The molecule has 3 nitrogen and oxygen atoms in total. The molecule has 0 radical (unpaired) electrons. The lowest BCUT2D eigenvalue weighted by Crippen LogP contribution is -2.22. The van der Waals surface area contributed by atoms with Crippen molar-refractivity contribution in [3.63, 3.8) is 0 Å². The minimum atomic E-state index is 0.208. The second-order valence-electron chi connectivity index (χ2n) is 4.58. The highest BCUT2D eigenvalue weighted by Gasteiger charge is 2.25. The molecule has 0 bridgehead atoms. The SMILES string of the molecule is Cc1nn(C)c(CC2CCCCC2=O)c1Br. The zero-order chi connectivity index (χ0) is 11.7. The lowest BCUT2D eigenvalue weighted by Gasteiger charge is -2.20. The Balaban J connectivity index is 2.16. The van der Waals surface area contributed by atoms with E-state index in [1.54, 1.807) is 0 Å². The van der Waals surface area contributed by atoms with Crippen LogP contribution in [0.25, 0.3) is 0 Å². The first-order valence-electron chi connectivity index (χ1n) is 5.80. The van der Waals surface area contributed by atoms with E-state index in [0.29, 0.717) is 5.78 Å². The summed E-state index contributed by atoms with van der Waals surface area (Å²) in [5, 5.41) is 4.36. The van der Waals surface area contributed by atoms with Crippen molar-refractivity contribution in [2.75, 3.05) is 0 Å². The van der Waals surface area contributed by atoms with Gasteiger partial charge >= 0.3 is 0 Å². The summed E-state index contributed by atoms with van der Waals surface area (Å²) < 4.78 is 2.95. The van der Waals surface area contributed by atoms with Crippen LogP contribution in [0.3, 0.4) is 0 Å². The number of Topliss-reactive ketones (excluding diaryl/α,β-unsaturated/α-hetero) is 1. The van der Waals surface area contributed by atoms with Gasteiger partial charge in [-0.25, -0.2) is 0 Å². The van der Waals surface area contributed by atoms with Crippen molar-refractivity contribution < 1.29 is 4.79 Å². The molecule has 2 rings (SSSR count). The number of carbonyl (C=O) groups excluding carboxylic acids is 1. The second-order valence-corrected chi connectivity index (χ2v) is 5.38. The predicted octanol–water partition coefficient (Wildman–Crippen LogP) is 2.79. The van der Waals surface area contributed by atoms with E-state index in [4.69, 9.17) is 0 Å². The molecule has 1 aromatic rings. The van der Waals surface area contributed by atoms with Crippen LogP contribution in [0.2, 0.25) is 0 Å². The molecular weight excluding hydrogens is 268 g/mol. The van der Waals surface area contributed by atoms with Crippen LogP contribution in [0.4, 0.5) is 0 Å². The number of nitrogens with zero attached hydrogens (tertiary/aromatic N) is 2. The van der Waals surface area contributed by atoms with Crippen LogP contribution in [0, 0.1) is 12.8 Å². The molecule has 1 aliphatic carbocycles. The number of hydrogen-bond donors (Lipinski definition) is 0. The fourth-order valence-corrected chi connectivity index (χ4v) is 2.90. The van der Waals surface area contributed by atoms with Crippen molar-refractivity contribution in [2.45, 2.75) is 39.0 Å². The number of halogens is 1. The molecule has 1 aromatic heterocycles. The van der Waals surface area contributed by atoms with Crippen molar-refractivity contribution in [2.24, 2.45) is 13.0 Å². The Morgan fingerprint density at radius 1 is 1.50 bits per heavy atom. The van der Waals surface area contributed by atoms with Gasteiger partial charge in [0.25, 0.3) is 0 Å². The molecule has 1 saturated carbocycles. The molecule has 1 fully saturated rings. The molecule has 0 amide bonds. The Hall–Kier alpha value is -0.640. The summed E-state index contributed by atoms with van der Waals surface area (Å²) in [6, 6.07) is 0. The van der Waals surface area contributed by atoms with Crippen LogP contribution in [-0.2, 0) is 18.3 Å². The number of aromatic nitrogens is 2. The monoisotopic (exact) mass is 284 g/mol. The quantitative estimate of drug-likeness (QED) is 0.837. The molecule has 88 valence electrons. The zero-order valence-electron chi connectivity index (χ0n) is 9.79. The van der Waals surface area contributed by atoms with Gasteiger partial charge in [-0.15, -0.1) is 0 Å². The first-order chi connectivity index (χ1) is 7.59. The number of aryl methyl sites for hydroxylation is 2. The molecule has 0 saturated heterocycles. The van der Waals surface area contributed by atoms with Crippen LogP contribution in [0.15, 0.2) is 4.47 Å². The second kappa shape index (κ2) is 4.70. The third kappa shape index (κ3) is 2.21. The van der Waals surface area contributed by atoms with Gasteiger partial charge in [0.05, 0.1) is 15.9 Å². The van der Waals surface area contributed by atoms with Crippen LogP contribution in [0.1, 0.15) is 37.1 Å². The molecule has 4 heteroatoms. The highest BCUT2D eigenvalue weighted by Crippen LogP contribution is 2.28. The number of carbonyl (C=O) groups is 1. The maximum Gasteiger partial charge on any atom is 0.136 e. The smallest absolute Gasteiger partial charge is 0.136 e. The van der Waals surface area contributed by atoms with Crippen LogP contribution < -0.4 is 0 Å². The zero-order valence-corrected chi connectivity index (χ0v) is 11.4. The van der Waals surface area contributed by atoms with Crippen molar-refractivity contribution in [3.8, 4) is 0 Å². The predicted molar refractivity (Wildman–Crippen MR) is 66.3 cm³/mol. The van der Waals surface area contributed by atoms with Crippen LogP contribution >= 0.6 is 15.9 Å². The van der Waals surface area contributed by atoms with E-state index in [1.165, 1.54) is 6.42 Å². The maximum absolute atomic E-state index is 11.8. The molecule has 0 aromatic carbocycles. The van der Waals surface area contributed by atoms with E-state index in [-0.39, 0.29) is 5.92 Å². The van der Waals surface area contributed by atoms with Crippen molar-refractivity contribution in [1.29, 1.82) is 0 Å². The maximum atomic E-state index is 11.8. The van der Waals surface area contributed by atoms with Gasteiger partial charge in [-0.2, -0.15) is 5.10 Å². The van der Waals surface area contributed by atoms with Gasteiger partial charge < -0.3 is 0 Å². The van der Waals surface area contributed by atoms with Gasteiger partial charge in [0.2, 0.25) is 0 Å². The third-order valence-corrected chi connectivity index (χ3v) is 4.41. The van der Waals surface area contributed by atoms with E-state index >= 15 is 0 Å². The third-order valence-electron chi connectivity index (χ3n) is 3.38. The van der Waals surface area contributed by atoms with Gasteiger partial charge in [-0.3, -0.25) is 9.48 Å². The van der Waals surface area contributed by atoms with Gasteiger partial charge in [-0.1, -0.05) is 6.42 Å². The van der Waals surface area contributed by atoms with E-state index in [2.05, 4.69) is 21.0 Å². The minimum absolute atomic E-state index is 0.208. The van der Waals surface area contributed by atoms with Crippen molar-refractivity contribution in [1.82, 2.24) is 9.78 Å². The largest absolute Gasteiger partial charge is 0.299 e. The summed E-state index contributed by atoms with van der Waals surface area (Å²) in [6.07, 6.45) is 4.89. The summed E-state index contributed by atoms with van der Waals surface area (Å²) in [5.41, 5.74) is 2.15. The summed E-state index contributed by atoms with van der Waals surface area (Å²) in [7, 11) is 1.94. The number of rotatable bonds is 2. The lowest BCUT2D eigenvalue weighted by atomic mass is 9.85. The molecule has 0 N–H and O–H groups in total. The normalized spacial score (nSPS) is 21.4. The van der Waals surface area contributed by atoms with E-state index in [9.17, 15) is 4.79 Å². The summed E-state index contributed by atoms with van der Waals surface area (Å²) in [6.45, 7) is 1.98. The molecule has 1 heterocycles. The van der Waals surface area contributed by atoms with E-state index < -0.39 is 0 Å². The van der Waals surface area contributed by atoms with Crippen molar-refractivity contribution in [3.05, 3.63) is 15.9 Å². The summed E-state index contributed by atoms with van der Waals surface area (Å²) in [5.74, 6) is 0.636. The van der Waals surface area contributed by atoms with E-state index in [1.807, 2.05) is 18.7 Å². The Kier molecular flexibility index (Phi) is 3.47. The fourth-order valence-electron chi connectivity index (χ4n) is 2.41. The lowest BCUT2D eigenvalue weighted by molar-refractivity contribution is -0.124.